The summed E-state index contributed by atoms with van der Waals surface area (Å²) in [6, 6.07) is -3.07. The fourth-order valence-electron chi connectivity index (χ4n) is 4.78. The maximum absolute atomic E-state index is 13.7. The first-order valence-corrected chi connectivity index (χ1v) is 15.9. The standard InChI is InChI=1S/C27H47N5O5S.C2H6/c1-7-18(15-38-16(2)3)29-26(37)31-22(27(4,5)6)25(36)32-13-9-12-20(32)24(35)30-19(21(33)23(28)34)14-17-10-8-11-17;1-2/h16-20,22H,7-15H2,1-6H3,(H2,28,34)(H,30,35)(H2,29,31,37);1-2H3/t18?,19?,20-,22?;/m0./s1. The van der Waals surface area contributed by atoms with Crippen LogP contribution in [0.2, 0.25) is 0 Å². The first kappa shape index (κ1) is 35.7. The molecule has 5 N–H and O–H groups in total. The molecular weight excluding hydrogens is 530 g/mol. The molecule has 1 saturated heterocycles. The van der Waals surface area contributed by atoms with Crippen LogP contribution in [0, 0.1) is 11.3 Å². The van der Waals surface area contributed by atoms with Crippen LogP contribution in [0.25, 0.3) is 0 Å². The third-order valence-electron chi connectivity index (χ3n) is 7.36. The molecule has 0 aromatic rings. The second-order valence-corrected chi connectivity index (χ2v) is 13.5. The summed E-state index contributed by atoms with van der Waals surface area (Å²) in [6.45, 7) is 16.2. The van der Waals surface area contributed by atoms with Gasteiger partial charge in [-0.1, -0.05) is 74.7 Å². The summed E-state index contributed by atoms with van der Waals surface area (Å²) >= 11 is 1.76. The maximum atomic E-state index is 13.7. The first-order chi connectivity index (χ1) is 18.7. The minimum absolute atomic E-state index is 0.0289. The van der Waals surface area contributed by atoms with Gasteiger partial charge in [-0.2, -0.15) is 11.8 Å². The van der Waals surface area contributed by atoms with Crippen molar-refractivity contribution in [1.82, 2.24) is 20.9 Å². The number of nitrogens with zero attached hydrogens (tertiary/aromatic N) is 1. The van der Waals surface area contributed by atoms with Crippen molar-refractivity contribution >= 4 is 41.3 Å². The van der Waals surface area contributed by atoms with Crippen LogP contribution in [-0.2, 0) is 19.2 Å². The molecule has 5 amide bonds. The molecule has 230 valence electrons. The number of nitrogens with one attached hydrogen (secondary N) is 3. The fourth-order valence-corrected chi connectivity index (χ4v) is 5.72. The van der Waals surface area contributed by atoms with Crippen LogP contribution in [0.3, 0.4) is 0 Å². The predicted molar refractivity (Wildman–Crippen MR) is 161 cm³/mol. The lowest BCUT2D eigenvalue weighted by atomic mass is 9.80. The lowest BCUT2D eigenvalue weighted by Gasteiger charge is -2.36. The molecule has 11 heteroatoms. The Morgan fingerprint density at radius 2 is 1.60 bits per heavy atom. The van der Waals surface area contributed by atoms with Gasteiger partial charge in [0.15, 0.2) is 0 Å². The number of thioether (sulfide) groups is 1. The van der Waals surface area contributed by atoms with Gasteiger partial charge in [-0.05, 0) is 42.3 Å². The number of carbonyl (C=O) groups is 5. The Morgan fingerprint density at radius 3 is 2.08 bits per heavy atom. The number of amides is 5. The number of likely N-dealkylation sites (tertiary alicyclic amines) is 1. The summed E-state index contributed by atoms with van der Waals surface area (Å²) in [7, 11) is 0. The number of primary amides is 1. The number of carbonyl (C=O) groups excluding carboxylic acids is 5. The summed E-state index contributed by atoms with van der Waals surface area (Å²) in [5, 5.41) is 9.00. The van der Waals surface area contributed by atoms with Gasteiger partial charge in [-0.3, -0.25) is 19.2 Å². The van der Waals surface area contributed by atoms with Gasteiger partial charge >= 0.3 is 6.03 Å². The van der Waals surface area contributed by atoms with E-state index in [-0.39, 0.29) is 17.9 Å². The van der Waals surface area contributed by atoms with Gasteiger partial charge in [0.05, 0.1) is 6.04 Å². The van der Waals surface area contributed by atoms with Gasteiger partial charge in [0.1, 0.15) is 12.1 Å². The highest BCUT2D eigenvalue weighted by Gasteiger charge is 2.43. The highest BCUT2D eigenvalue weighted by molar-refractivity contribution is 7.99. The van der Waals surface area contributed by atoms with E-state index in [9.17, 15) is 24.0 Å². The van der Waals surface area contributed by atoms with E-state index in [2.05, 4.69) is 29.8 Å². The third-order valence-corrected chi connectivity index (χ3v) is 8.62. The fraction of sp³-hybridized carbons (Fsp3) is 0.828. The SMILES string of the molecule is CC.CCC(CSC(C)C)NC(=O)NC(C(=O)N1CCC[C@H]1C(=O)NC(CC1CCC1)C(=O)C(N)=O)C(C)(C)C. The van der Waals surface area contributed by atoms with Crippen molar-refractivity contribution in [3.63, 3.8) is 0 Å². The van der Waals surface area contributed by atoms with Crippen molar-refractivity contribution in [2.24, 2.45) is 17.1 Å². The highest BCUT2D eigenvalue weighted by Crippen LogP contribution is 2.31. The number of ketones is 1. The molecule has 0 aromatic carbocycles. The average Bonchev–Trinajstić information content (AvgIpc) is 3.36. The Kier molecular flexibility index (Phi) is 15.0. The molecule has 2 aliphatic rings. The monoisotopic (exact) mass is 583 g/mol. The molecule has 10 nitrogen and oxygen atoms in total. The number of Topliss-reactive ketones (excluding diaryl/α,β-unsaturated/α-hetero) is 1. The van der Waals surface area contributed by atoms with Crippen LogP contribution in [0.15, 0.2) is 0 Å². The number of nitrogens with two attached hydrogens (primary N) is 1. The van der Waals surface area contributed by atoms with Gasteiger partial charge in [-0.15, -0.1) is 0 Å². The molecule has 0 radical (unpaired) electrons. The molecular formula is C29H53N5O5S. The smallest absolute Gasteiger partial charge is 0.315 e. The van der Waals surface area contributed by atoms with Crippen LogP contribution < -0.4 is 21.7 Å². The quantitative estimate of drug-likeness (QED) is 0.244. The van der Waals surface area contributed by atoms with Gasteiger partial charge in [0, 0.05) is 18.3 Å². The maximum Gasteiger partial charge on any atom is 0.315 e. The Morgan fingerprint density at radius 1 is 0.975 bits per heavy atom. The summed E-state index contributed by atoms with van der Waals surface area (Å²) in [6.07, 6.45) is 5.15. The van der Waals surface area contributed by atoms with Crippen molar-refractivity contribution in [3.05, 3.63) is 0 Å². The molecule has 1 aliphatic carbocycles. The van der Waals surface area contributed by atoms with E-state index in [4.69, 9.17) is 5.73 Å². The van der Waals surface area contributed by atoms with Crippen LogP contribution in [0.5, 0.6) is 0 Å². The minimum Gasteiger partial charge on any atom is -0.363 e. The molecule has 3 unspecified atom stereocenters. The van der Waals surface area contributed by atoms with Crippen molar-refractivity contribution < 1.29 is 24.0 Å². The highest BCUT2D eigenvalue weighted by atomic mass is 32.2. The van der Waals surface area contributed by atoms with Crippen molar-refractivity contribution in [2.45, 2.75) is 130 Å². The number of hydrogen-bond donors (Lipinski definition) is 4. The average molecular weight is 584 g/mol. The van der Waals surface area contributed by atoms with E-state index in [0.717, 1.165) is 31.4 Å². The van der Waals surface area contributed by atoms with Crippen molar-refractivity contribution in [2.75, 3.05) is 12.3 Å². The number of rotatable bonds is 13. The summed E-state index contributed by atoms with van der Waals surface area (Å²) < 4.78 is 0. The molecule has 1 aliphatic heterocycles. The zero-order valence-electron chi connectivity index (χ0n) is 25.8. The summed E-state index contributed by atoms with van der Waals surface area (Å²) in [5.74, 6) is -1.66. The number of hydrogen-bond acceptors (Lipinski definition) is 6. The van der Waals surface area contributed by atoms with Gasteiger partial charge in [-0.25, -0.2) is 4.79 Å². The molecule has 0 aromatic heterocycles. The molecule has 0 bridgehead atoms. The van der Waals surface area contributed by atoms with Crippen LogP contribution in [0.4, 0.5) is 4.79 Å². The second kappa shape index (κ2) is 16.8. The predicted octanol–water partition coefficient (Wildman–Crippen LogP) is 3.37. The summed E-state index contributed by atoms with van der Waals surface area (Å²) in [5.41, 5.74) is 4.63. The molecule has 0 spiro atoms. The Bertz CT molecular complexity index is 871. The molecule has 4 atom stereocenters. The molecule has 2 fully saturated rings. The molecule has 2 rings (SSSR count). The van der Waals surface area contributed by atoms with Gasteiger partial charge in [0.2, 0.25) is 17.6 Å². The van der Waals surface area contributed by atoms with Crippen LogP contribution in [0.1, 0.15) is 100 Å². The van der Waals surface area contributed by atoms with E-state index in [1.165, 1.54) is 4.90 Å². The van der Waals surface area contributed by atoms with Gasteiger partial charge in [0.25, 0.3) is 5.91 Å². The molecule has 40 heavy (non-hydrogen) atoms. The molecule has 1 heterocycles. The van der Waals surface area contributed by atoms with Crippen LogP contribution in [-0.4, -0.2) is 76.2 Å². The lowest BCUT2D eigenvalue weighted by molar-refractivity contribution is -0.143. The normalized spacial score (nSPS) is 19.4. The zero-order chi connectivity index (χ0) is 30.6. The minimum atomic E-state index is -1.07. The van der Waals surface area contributed by atoms with E-state index in [0.29, 0.717) is 31.1 Å². The van der Waals surface area contributed by atoms with E-state index in [1.54, 1.807) is 11.8 Å². The second-order valence-electron chi connectivity index (χ2n) is 11.9. The first-order valence-electron chi connectivity index (χ1n) is 14.9. The lowest BCUT2D eigenvalue weighted by Crippen LogP contribution is -2.60. The zero-order valence-corrected chi connectivity index (χ0v) is 26.6. The molecule has 1 saturated carbocycles. The number of urea groups is 1. The van der Waals surface area contributed by atoms with E-state index >= 15 is 0 Å². The van der Waals surface area contributed by atoms with E-state index in [1.807, 2.05) is 41.5 Å². The van der Waals surface area contributed by atoms with E-state index < -0.39 is 47.2 Å². The third kappa shape index (κ3) is 10.9. The van der Waals surface area contributed by atoms with Gasteiger partial charge < -0.3 is 26.6 Å². The Balaban J connectivity index is 0.00000391. The van der Waals surface area contributed by atoms with Crippen molar-refractivity contribution in [3.8, 4) is 0 Å². The summed E-state index contributed by atoms with van der Waals surface area (Å²) in [4.78, 5) is 65.4. The van der Waals surface area contributed by atoms with Crippen molar-refractivity contribution in [1.29, 1.82) is 0 Å². The Hall–Kier alpha value is -2.30. The largest absolute Gasteiger partial charge is 0.363 e. The Labute approximate surface area is 245 Å². The van der Waals surface area contributed by atoms with Crippen LogP contribution >= 0.6 is 11.8 Å². The topological polar surface area (TPSA) is 151 Å².